The minimum Gasteiger partial charge on any atom is -0.267 e. The lowest BCUT2D eigenvalue weighted by atomic mass is 10.2. The van der Waals surface area contributed by atoms with Crippen LogP contribution in [-0.2, 0) is 0 Å². The molecule has 1 aromatic carbocycles. The number of hydrazone groups is 1. The summed E-state index contributed by atoms with van der Waals surface area (Å²) in [5.74, 6) is -0.396. The van der Waals surface area contributed by atoms with Gasteiger partial charge in [-0.1, -0.05) is 23.2 Å². The number of pyridine rings is 1. The monoisotopic (exact) mass is 293 g/mol. The molecule has 1 heterocycles. The lowest BCUT2D eigenvalue weighted by Gasteiger charge is -2.02. The Kier molecular flexibility index (Phi) is 4.49. The van der Waals surface area contributed by atoms with Crippen LogP contribution in [0.2, 0.25) is 10.0 Å². The maximum Gasteiger partial charge on any atom is 0.272 e. The van der Waals surface area contributed by atoms with E-state index in [1.54, 1.807) is 36.7 Å². The number of hydrogen-bond donors (Lipinski definition) is 1. The van der Waals surface area contributed by atoms with Crippen LogP contribution in [0.15, 0.2) is 47.8 Å². The predicted molar refractivity (Wildman–Crippen MR) is 75.8 cm³/mol. The Balaban J connectivity index is 2.04. The Morgan fingerprint density at radius 2 is 1.95 bits per heavy atom. The van der Waals surface area contributed by atoms with Gasteiger partial charge in [0.15, 0.2) is 0 Å². The Labute approximate surface area is 120 Å². The summed E-state index contributed by atoms with van der Waals surface area (Å²) in [6, 6.07) is 8.18. The number of carbonyl (C=O) groups excluding carboxylic acids is 1. The molecule has 0 atom stereocenters. The minimum atomic E-state index is -0.396. The highest BCUT2D eigenvalue weighted by molar-refractivity contribution is 6.36. The van der Waals surface area contributed by atoms with E-state index in [-0.39, 0.29) is 5.02 Å². The molecule has 19 heavy (non-hydrogen) atoms. The normalized spacial score (nSPS) is 10.6. The van der Waals surface area contributed by atoms with Gasteiger partial charge in [0.2, 0.25) is 0 Å². The van der Waals surface area contributed by atoms with Crippen LogP contribution in [0.1, 0.15) is 15.9 Å². The number of nitrogens with zero attached hydrogens (tertiary/aromatic N) is 2. The van der Waals surface area contributed by atoms with E-state index in [0.717, 1.165) is 5.56 Å². The molecule has 0 saturated carbocycles. The van der Waals surface area contributed by atoms with Crippen molar-refractivity contribution in [2.24, 2.45) is 5.10 Å². The van der Waals surface area contributed by atoms with Gasteiger partial charge in [-0.2, -0.15) is 5.10 Å². The molecule has 0 saturated heterocycles. The van der Waals surface area contributed by atoms with Crippen LogP contribution in [0, 0.1) is 0 Å². The van der Waals surface area contributed by atoms with Crippen LogP contribution in [0.5, 0.6) is 0 Å². The lowest BCUT2D eigenvalue weighted by Crippen LogP contribution is -2.18. The van der Waals surface area contributed by atoms with Gasteiger partial charge in [0.1, 0.15) is 0 Å². The first kappa shape index (κ1) is 13.5. The summed E-state index contributed by atoms with van der Waals surface area (Å²) >= 11 is 11.7. The molecule has 2 aromatic rings. The summed E-state index contributed by atoms with van der Waals surface area (Å²) in [6.07, 6.45) is 4.79. The van der Waals surface area contributed by atoms with E-state index >= 15 is 0 Å². The molecule has 6 heteroatoms. The van der Waals surface area contributed by atoms with Crippen molar-refractivity contribution in [3.8, 4) is 0 Å². The van der Waals surface area contributed by atoms with Crippen molar-refractivity contribution in [3.63, 3.8) is 0 Å². The molecule has 0 fully saturated rings. The molecule has 1 N–H and O–H groups in total. The number of hydrogen-bond acceptors (Lipinski definition) is 3. The van der Waals surface area contributed by atoms with Gasteiger partial charge < -0.3 is 0 Å². The number of halogens is 2. The topological polar surface area (TPSA) is 54.4 Å². The lowest BCUT2D eigenvalue weighted by molar-refractivity contribution is 0.0955. The summed E-state index contributed by atoms with van der Waals surface area (Å²) in [6.45, 7) is 0. The summed E-state index contributed by atoms with van der Waals surface area (Å²) < 4.78 is 0. The number of aromatic nitrogens is 1. The third-order valence-electron chi connectivity index (χ3n) is 2.26. The number of nitrogens with one attached hydrogen (secondary N) is 1. The van der Waals surface area contributed by atoms with Gasteiger partial charge in [-0.15, -0.1) is 0 Å². The standard InChI is InChI=1S/C13H9Cl2N3O/c14-10-1-2-11(12(15)7-10)13(19)18-17-8-9-3-5-16-6-4-9/h1-8H,(H,18,19)/b17-8-. The first-order chi connectivity index (χ1) is 9.16. The highest BCUT2D eigenvalue weighted by Crippen LogP contribution is 2.20. The Morgan fingerprint density at radius 3 is 2.63 bits per heavy atom. The highest BCUT2D eigenvalue weighted by Gasteiger charge is 2.09. The van der Waals surface area contributed by atoms with Crippen molar-refractivity contribution in [2.45, 2.75) is 0 Å². The molecular weight excluding hydrogens is 285 g/mol. The van der Waals surface area contributed by atoms with E-state index < -0.39 is 5.91 Å². The Morgan fingerprint density at radius 1 is 1.21 bits per heavy atom. The van der Waals surface area contributed by atoms with Gasteiger partial charge in [0.25, 0.3) is 5.91 Å². The van der Waals surface area contributed by atoms with E-state index in [4.69, 9.17) is 23.2 Å². The minimum absolute atomic E-state index is 0.282. The third kappa shape index (κ3) is 3.77. The predicted octanol–water partition coefficient (Wildman–Crippen LogP) is 3.15. The van der Waals surface area contributed by atoms with E-state index in [1.807, 2.05) is 0 Å². The van der Waals surface area contributed by atoms with Gasteiger partial charge >= 0.3 is 0 Å². The SMILES string of the molecule is O=C(N/N=C\c1ccncc1)c1ccc(Cl)cc1Cl. The van der Waals surface area contributed by atoms with Gasteiger partial charge in [-0.3, -0.25) is 9.78 Å². The zero-order valence-electron chi connectivity index (χ0n) is 9.68. The van der Waals surface area contributed by atoms with Crippen molar-refractivity contribution in [2.75, 3.05) is 0 Å². The third-order valence-corrected chi connectivity index (χ3v) is 2.81. The highest BCUT2D eigenvalue weighted by atomic mass is 35.5. The molecule has 1 amide bonds. The van der Waals surface area contributed by atoms with Crippen molar-refractivity contribution in [3.05, 3.63) is 63.9 Å². The zero-order valence-corrected chi connectivity index (χ0v) is 11.2. The fraction of sp³-hybridized carbons (Fsp3) is 0. The van der Waals surface area contributed by atoms with E-state index in [1.165, 1.54) is 12.3 Å². The van der Waals surface area contributed by atoms with E-state index in [2.05, 4.69) is 15.5 Å². The van der Waals surface area contributed by atoms with Gasteiger partial charge in [-0.05, 0) is 35.9 Å². The fourth-order valence-electron chi connectivity index (χ4n) is 1.35. The second kappa shape index (κ2) is 6.31. The van der Waals surface area contributed by atoms with Crippen LogP contribution in [-0.4, -0.2) is 17.1 Å². The summed E-state index contributed by atoms with van der Waals surface area (Å²) in [7, 11) is 0. The molecule has 0 aliphatic rings. The van der Waals surface area contributed by atoms with E-state index in [0.29, 0.717) is 10.6 Å². The van der Waals surface area contributed by atoms with Crippen LogP contribution in [0.4, 0.5) is 0 Å². The molecule has 0 aliphatic carbocycles. The molecule has 0 bridgehead atoms. The Bertz CT molecular complexity index is 615. The second-order valence-corrected chi connectivity index (χ2v) is 4.45. The molecule has 4 nitrogen and oxygen atoms in total. The van der Waals surface area contributed by atoms with Crippen LogP contribution < -0.4 is 5.43 Å². The van der Waals surface area contributed by atoms with Crippen molar-refractivity contribution in [1.29, 1.82) is 0 Å². The maximum absolute atomic E-state index is 11.8. The Hall–Kier alpha value is -1.91. The average Bonchev–Trinajstić information content (AvgIpc) is 2.39. The molecule has 96 valence electrons. The molecule has 0 aliphatic heterocycles. The quantitative estimate of drug-likeness (QED) is 0.698. The first-order valence-electron chi connectivity index (χ1n) is 5.35. The molecule has 0 unspecified atom stereocenters. The number of benzene rings is 1. The van der Waals surface area contributed by atoms with Gasteiger partial charge in [-0.25, -0.2) is 5.43 Å². The fourth-order valence-corrected chi connectivity index (χ4v) is 1.84. The summed E-state index contributed by atoms with van der Waals surface area (Å²) in [5, 5.41) is 4.59. The first-order valence-corrected chi connectivity index (χ1v) is 6.11. The van der Waals surface area contributed by atoms with Crippen molar-refractivity contribution < 1.29 is 4.79 Å². The van der Waals surface area contributed by atoms with Gasteiger partial charge in [0.05, 0.1) is 16.8 Å². The summed E-state index contributed by atoms with van der Waals surface area (Å²) in [5.41, 5.74) is 3.54. The van der Waals surface area contributed by atoms with Crippen LogP contribution in [0.25, 0.3) is 0 Å². The van der Waals surface area contributed by atoms with Crippen LogP contribution >= 0.6 is 23.2 Å². The molecule has 0 spiro atoms. The molecule has 2 rings (SSSR count). The number of rotatable bonds is 3. The molecule has 1 aromatic heterocycles. The molecular formula is C13H9Cl2N3O. The second-order valence-electron chi connectivity index (χ2n) is 3.60. The number of carbonyl (C=O) groups is 1. The zero-order chi connectivity index (χ0) is 13.7. The number of amides is 1. The smallest absolute Gasteiger partial charge is 0.267 e. The van der Waals surface area contributed by atoms with Crippen LogP contribution in [0.3, 0.4) is 0 Å². The van der Waals surface area contributed by atoms with Crippen molar-refractivity contribution in [1.82, 2.24) is 10.4 Å². The summed E-state index contributed by atoms with van der Waals surface area (Å²) in [4.78, 5) is 15.7. The van der Waals surface area contributed by atoms with Gasteiger partial charge in [0, 0.05) is 17.4 Å². The average molecular weight is 294 g/mol. The molecule has 0 radical (unpaired) electrons. The largest absolute Gasteiger partial charge is 0.272 e. The van der Waals surface area contributed by atoms with Crippen molar-refractivity contribution >= 4 is 35.3 Å². The maximum atomic E-state index is 11.8. The van der Waals surface area contributed by atoms with E-state index in [9.17, 15) is 4.79 Å².